The fourth-order valence-corrected chi connectivity index (χ4v) is 3.44. The fraction of sp³-hybridized carbons (Fsp3) is 0.500. The van der Waals surface area contributed by atoms with Crippen LogP contribution in [-0.4, -0.2) is 13.8 Å². The first-order valence-electron chi connectivity index (χ1n) is 5.20. The first-order chi connectivity index (χ1) is 6.48. The highest BCUT2D eigenvalue weighted by Crippen LogP contribution is 2.43. The van der Waals surface area contributed by atoms with Gasteiger partial charge in [-0.3, -0.25) is 0 Å². The number of aryl methyl sites for hydroxylation is 1. The van der Waals surface area contributed by atoms with Crippen molar-refractivity contribution in [2.75, 3.05) is 0 Å². The zero-order valence-corrected chi connectivity index (χ0v) is 10.4. The molecule has 0 spiro atoms. The van der Waals surface area contributed by atoms with Crippen LogP contribution in [0.2, 0.25) is 19.6 Å². The van der Waals surface area contributed by atoms with E-state index in [0.717, 1.165) is 0 Å². The third-order valence-electron chi connectivity index (χ3n) is 2.75. The highest BCUT2D eigenvalue weighted by Gasteiger charge is 2.48. The summed E-state index contributed by atoms with van der Waals surface area (Å²) in [6, 6.07) is 8.72. The number of ether oxygens (including phenoxy) is 1. The van der Waals surface area contributed by atoms with Crippen molar-refractivity contribution in [3.8, 4) is 0 Å². The van der Waals surface area contributed by atoms with Gasteiger partial charge in [0, 0.05) is 0 Å². The van der Waals surface area contributed by atoms with Crippen LogP contribution >= 0.6 is 0 Å². The molecule has 0 unspecified atom stereocenters. The van der Waals surface area contributed by atoms with Gasteiger partial charge in [-0.25, -0.2) is 0 Å². The first kappa shape index (κ1) is 9.93. The molecule has 0 N–H and O–H groups in total. The summed E-state index contributed by atoms with van der Waals surface area (Å²) < 4.78 is 5.77. The van der Waals surface area contributed by atoms with Crippen LogP contribution in [0, 0.1) is 6.92 Å². The van der Waals surface area contributed by atoms with E-state index in [-0.39, 0.29) is 0 Å². The van der Waals surface area contributed by atoms with E-state index in [9.17, 15) is 0 Å². The Hall–Kier alpha value is -0.603. The lowest BCUT2D eigenvalue weighted by atomic mass is 10.1. The van der Waals surface area contributed by atoms with Crippen molar-refractivity contribution in [2.24, 2.45) is 0 Å². The van der Waals surface area contributed by atoms with Gasteiger partial charge in [0.05, 0.1) is 13.8 Å². The van der Waals surface area contributed by atoms with E-state index in [1.807, 2.05) is 0 Å². The van der Waals surface area contributed by atoms with E-state index in [4.69, 9.17) is 4.74 Å². The van der Waals surface area contributed by atoms with Crippen molar-refractivity contribution in [1.29, 1.82) is 0 Å². The molecule has 1 aliphatic heterocycles. The Kier molecular flexibility index (Phi) is 2.28. The van der Waals surface area contributed by atoms with Gasteiger partial charge < -0.3 is 4.74 Å². The second-order valence-electron chi connectivity index (χ2n) is 5.25. The van der Waals surface area contributed by atoms with Crippen LogP contribution < -0.4 is 0 Å². The van der Waals surface area contributed by atoms with Gasteiger partial charge in [-0.1, -0.05) is 49.5 Å². The number of epoxide rings is 1. The summed E-state index contributed by atoms with van der Waals surface area (Å²) >= 11 is 0. The molecule has 0 aromatic heterocycles. The summed E-state index contributed by atoms with van der Waals surface area (Å²) in [7, 11) is -1.11. The van der Waals surface area contributed by atoms with Gasteiger partial charge in [0.2, 0.25) is 0 Å². The minimum atomic E-state index is -1.11. The van der Waals surface area contributed by atoms with Crippen LogP contribution in [0.1, 0.15) is 17.2 Å². The summed E-state index contributed by atoms with van der Waals surface area (Å²) in [5.74, 6) is 0. The van der Waals surface area contributed by atoms with E-state index in [0.29, 0.717) is 11.8 Å². The molecule has 1 nitrogen and oxygen atoms in total. The predicted molar refractivity (Wildman–Crippen MR) is 62.1 cm³/mol. The maximum atomic E-state index is 5.77. The topological polar surface area (TPSA) is 12.5 Å². The van der Waals surface area contributed by atoms with Gasteiger partial charge in [0.15, 0.2) is 0 Å². The van der Waals surface area contributed by atoms with Gasteiger partial charge in [0.1, 0.15) is 6.10 Å². The van der Waals surface area contributed by atoms with E-state index in [2.05, 4.69) is 50.8 Å². The number of benzene rings is 1. The average Bonchev–Trinajstić information content (AvgIpc) is 2.83. The predicted octanol–water partition coefficient (Wildman–Crippen LogP) is 3.31. The lowest BCUT2D eigenvalue weighted by Crippen LogP contribution is -2.29. The van der Waals surface area contributed by atoms with E-state index < -0.39 is 8.07 Å². The second kappa shape index (κ2) is 3.21. The van der Waals surface area contributed by atoms with Crippen molar-refractivity contribution < 1.29 is 4.74 Å². The summed E-state index contributed by atoms with van der Waals surface area (Å²) in [5.41, 5.74) is 3.20. The molecule has 14 heavy (non-hydrogen) atoms. The lowest BCUT2D eigenvalue weighted by molar-refractivity contribution is 0.400. The Morgan fingerprint density at radius 3 is 2.07 bits per heavy atom. The van der Waals surface area contributed by atoms with E-state index in [1.54, 1.807) is 0 Å². The minimum absolute atomic E-state index is 0.391. The smallest absolute Gasteiger partial charge is 0.106 e. The number of hydrogen-bond acceptors (Lipinski definition) is 1. The molecule has 0 radical (unpaired) electrons. The molecular weight excluding hydrogens is 188 g/mol. The molecule has 0 aliphatic carbocycles. The zero-order chi connectivity index (χ0) is 10.3. The van der Waals surface area contributed by atoms with Gasteiger partial charge >= 0.3 is 0 Å². The van der Waals surface area contributed by atoms with Crippen molar-refractivity contribution in [3.63, 3.8) is 0 Å². The normalized spacial score (nSPS) is 26.3. The molecule has 1 aromatic rings. The third kappa shape index (κ3) is 1.91. The van der Waals surface area contributed by atoms with Crippen LogP contribution in [0.15, 0.2) is 24.3 Å². The molecule has 2 atom stereocenters. The molecule has 2 rings (SSSR count). The summed E-state index contributed by atoms with van der Waals surface area (Å²) in [5, 5.41) is 0. The Balaban J connectivity index is 2.10. The molecule has 1 fully saturated rings. The summed E-state index contributed by atoms with van der Waals surface area (Å²) in [6.45, 7) is 9.22. The Bertz CT molecular complexity index is 323. The molecule has 2 heteroatoms. The van der Waals surface area contributed by atoms with Crippen LogP contribution in [-0.2, 0) is 4.74 Å². The van der Waals surface area contributed by atoms with Gasteiger partial charge in [-0.05, 0) is 12.5 Å². The maximum absolute atomic E-state index is 5.77. The molecule has 0 bridgehead atoms. The third-order valence-corrected chi connectivity index (χ3v) is 4.90. The summed E-state index contributed by atoms with van der Waals surface area (Å²) in [6.07, 6.45) is 0.391. The largest absolute Gasteiger partial charge is 0.368 e. The van der Waals surface area contributed by atoms with Crippen LogP contribution in [0.25, 0.3) is 0 Å². The van der Waals surface area contributed by atoms with Gasteiger partial charge in [-0.2, -0.15) is 0 Å². The van der Waals surface area contributed by atoms with Crippen molar-refractivity contribution in [1.82, 2.24) is 0 Å². The van der Waals surface area contributed by atoms with Crippen LogP contribution in [0.4, 0.5) is 0 Å². The van der Waals surface area contributed by atoms with Crippen LogP contribution in [0.5, 0.6) is 0 Å². The minimum Gasteiger partial charge on any atom is -0.368 e. The van der Waals surface area contributed by atoms with Gasteiger partial charge in [-0.15, -0.1) is 0 Å². The fourth-order valence-electron chi connectivity index (χ4n) is 1.78. The molecule has 1 heterocycles. The number of rotatable bonds is 2. The van der Waals surface area contributed by atoms with E-state index >= 15 is 0 Å². The Labute approximate surface area is 87.1 Å². The summed E-state index contributed by atoms with van der Waals surface area (Å²) in [4.78, 5) is 0. The number of hydrogen-bond donors (Lipinski definition) is 0. The van der Waals surface area contributed by atoms with Crippen molar-refractivity contribution in [3.05, 3.63) is 35.4 Å². The molecule has 0 saturated carbocycles. The second-order valence-corrected chi connectivity index (χ2v) is 10.6. The maximum Gasteiger partial charge on any atom is 0.106 e. The average molecular weight is 206 g/mol. The SMILES string of the molecule is Cc1ccc([C@@H]2O[C@@H]2[Si](C)(C)C)cc1. The molecular formula is C12H18OSi. The van der Waals surface area contributed by atoms with Crippen LogP contribution in [0.3, 0.4) is 0 Å². The molecule has 1 saturated heterocycles. The lowest BCUT2D eigenvalue weighted by Gasteiger charge is -2.11. The molecule has 76 valence electrons. The van der Waals surface area contributed by atoms with Crippen molar-refractivity contribution >= 4 is 8.07 Å². The van der Waals surface area contributed by atoms with E-state index in [1.165, 1.54) is 11.1 Å². The highest BCUT2D eigenvalue weighted by atomic mass is 28.3. The van der Waals surface area contributed by atoms with Gasteiger partial charge in [0.25, 0.3) is 0 Å². The quantitative estimate of drug-likeness (QED) is 0.534. The molecule has 1 aliphatic rings. The van der Waals surface area contributed by atoms with Crippen molar-refractivity contribution in [2.45, 2.75) is 38.4 Å². The molecule has 0 amide bonds. The monoisotopic (exact) mass is 206 g/mol. The zero-order valence-electron chi connectivity index (χ0n) is 9.37. The standard InChI is InChI=1S/C12H18OSi/c1-9-5-7-10(8-6-9)11-12(13-11)14(2,3)4/h5-8,11-12H,1-4H3/t11-,12+/m0/s1. The Morgan fingerprint density at radius 2 is 1.64 bits per heavy atom. The first-order valence-corrected chi connectivity index (χ1v) is 8.78. The Morgan fingerprint density at radius 1 is 1.07 bits per heavy atom. The highest BCUT2D eigenvalue weighted by molar-refractivity contribution is 6.78. The molecule has 1 aromatic carbocycles.